The smallest absolute Gasteiger partial charge is 0.309 e. The molecule has 0 N–H and O–H groups in total. The van der Waals surface area contributed by atoms with Gasteiger partial charge in [-0.1, -0.05) is 20.8 Å². The second-order valence-electron chi connectivity index (χ2n) is 5.19. The van der Waals surface area contributed by atoms with Crippen LogP contribution in [-0.4, -0.2) is 12.6 Å². The summed E-state index contributed by atoms with van der Waals surface area (Å²) in [4.78, 5) is 11.6. The standard InChI is InChI=1S/C11H18O2/c1-7(2)8-4-5-11(3)6-13-10(12)9(8)11/h7-9H,4-6H2,1-3H3. The molecule has 1 heterocycles. The highest BCUT2D eigenvalue weighted by molar-refractivity contribution is 5.76. The van der Waals surface area contributed by atoms with Crippen LogP contribution >= 0.6 is 0 Å². The summed E-state index contributed by atoms with van der Waals surface area (Å²) < 4.78 is 5.16. The molecular formula is C11H18O2. The quantitative estimate of drug-likeness (QED) is 0.581. The minimum Gasteiger partial charge on any atom is -0.465 e. The van der Waals surface area contributed by atoms with Crippen LogP contribution in [0.3, 0.4) is 0 Å². The number of cyclic esters (lactones) is 1. The lowest BCUT2D eigenvalue weighted by Gasteiger charge is -2.23. The third-order valence-corrected chi connectivity index (χ3v) is 3.88. The number of rotatable bonds is 1. The van der Waals surface area contributed by atoms with E-state index in [0.29, 0.717) is 18.4 Å². The van der Waals surface area contributed by atoms with Crippen molar-refractivity contribution in [3.63, 3.8) is 0 Å². The molecule has 0 amide bonds. The van der Waals surface area contributed by atoms with E-state index < -0.39 is 0 Å². The van der Waals surface area contributed by atoms with Crippen molar-refractivity contribution < 1.29 is 9.53 Å². The molecule has 13 heavy (non-hydrogen) atoms. The Labute approximate surface area is 79.7 Å². The topological polar surface area (TPSA) is 26.3 Å². The number of carbonyl (C=O) groups is 1. The monoisotopic (exact) mass is 182 g/mol. The van der Waals surface area contributed by atoms with Gasteiger partial charge in [-0.05, 0) is 24.7 Å². The van der Waals surface area contributed by atoms with Crippen LogP contribution in [-0.2, 0) is 9.53 Å². The van der Waals surface area contributed by atoms with Crippen LogP contribution in [0.4, 0.5) is 0 Å². The molecule has 3 unspecified atom stereocenters. The van der Waals surface area contributed by atoms with Gasteiger partial charge in [-0.2, -0.15) is 0 Å². The summed E-state index contributed by atoms with van der Waals surface area (Å²) in [5.41, 5.74) is 0.159. The summed E-state index contributed by atoms with van der Waals surface area (Å²) in [5.74, 6) is 1.41. The van der Waals surface area contributed by atoms with Crippen molar-refractivity contribution in [1.82, 2.24) is 0 Å². The van der Waals surface area contributed by atoms with Gasteiger partial charge in [-0.3, -0.25) is 4.79 Å². The molecule has 0 aromatic rings. The highest BCUT2D eigenvalue weighted by atomic mass is 16.5. The van der Waals surface area contributed by atoms with Gasteiger partial charge in [-0.25, -0.2) is 0 Å². The van der Waals surface area contributed by atoms with E-state index in [2.05, 4.69) is 20.8 Å². The summed E-state index contributed by atoms with van der Waals surface area (Å²) in [6.07, 6.45) is 2.36. The van der Waals surface area contributed by atoms with E-state index >= 15 is 0 Å². The maximum absolute atomic E-state index is 11.6. The largest absolute Gasteiger partial charge is 0.465 e. The molecule has 0 radical (unpaired) electrons. The summed E-state index contributed by atoms with van der Waals surface area (Å²) in [6, 6.07) is 0. The maximum Gasteiger partial charge on any atom is 0.309 e. The van der Waals surface area contributed by atoms with Crippen LogP contribution in [0.2, 0.25) is 0 Å². The number of hydrogen-bond acceptors (Lipinski definition) is 2. The van der Waals surface area contributed by atoms with Crippen molar-refractivity contribution in [3.05, 3.63) is 0 Å². The lowest BCUT2D eigenvalue weighted by molar-refractivity contribution is -0.143. The van der Waals surface area contributed by atoms with Crippen LogP contribution in [0.1, 0.15) is 33.6 Å². The van der Waals surface area contributed by atoms with Crippen LogP contribution in [0.5, 0.6) is 0 Å². The Balaban J connectivity index is 2.25. The molecule has 74 valence electrons. The minimum atomic E-state index is 0.0544. The van der Waals surface area contributed by atoms with Crippen LogP contribution in [0, 0.1) is 23.2 Å². The average Bonchev–Trinajstić information content (AvgIpc) is 2.50. The molecule has 1 aliphatic carbocycles. The number of esters is 1. The first-order chi connectivity index (χ1) is 6.04. The van der Waals surface area contributed by atoms with Gasteiger partial charge in [0.25, 0.3) is 0 Å². The van der Waals surface area contributed by atoms with Gasteiger partial charge in [-0.15, -0.1) is 0 Å². The van der Waals surface area contributed by atoms with Crippen LogP contribution in [0.15, 0.2) is 0 Å². The zero-order chi connectivity index (χ0) is 9.64. The normalized spacial score (nSPS) is 43.8. The fourth-order valence-corrected chi connectivity index (χ4v) is 3.00. The minimum absolute atomic E-state index is 0.0544. The number of fused-ring (bicyclic) bond motifs is 1. The SMILES string of the molecule is CC(C)C1CCC2(C)COC(=O)C12. The molecular weight excluding hydrogens is 164 g/mol. The average molecular weight is 182 g/mol. The molecule has 2 fully saturated rings. The number of carbonyl (C=O) groups excluding carboxylic acids is 1. The molecule has 3 atom stereocenters. The summed E-state index contributed by atoms with van der Waals surface area (Å²) >= 11 is 0. The van der Waals surface area contributed by atoms with Gasteiger partial charge in [0.1, 0.15) is 0 Å². The Morgan fingerprint density at radius 3 is 2.85 bits per heavy atom. The first-order valence-electron chi connectivity index (χ1n) is 5.21. The third kappa shape index (κ3) is 1.18. The van der Waals surface area contributed by atoms with Crippen LogP contribution < -0.4 is 0 Å². The summed E-state index contributed by atoms with van der Waals surface area (Å²) in [7, 11) is 0. The Morgan fingerprint density at radius 1 is 1.54 bits per heavy atom. The zero-order valence-corrected chi connectivity index (χ0v) is 8.67. The predicted molar refractivity (Wildman–Crippen MR) is 50.1 cm³/mol. The van der Waals surface area contributed by atoms with Crippen molar-refractivity contribution in [3.8, 4) is 0 Å². The van der Waals surface area contributed by atoms with E-state index in [1.807, 2.05) is 0 Å². The first-order valence-corrected chi connectivity index (χ1v) is 5.21. The van der Waals surface area contributed by atoms with E-state index in [4.69, 9.17) is 4.74 Å². The van der Waals surface area contributed by atoms with Gasteiger partial charge in [0, 0.05) is 5.41 Å². The molecule has 1 saturated carbocycles. The van der Waals surface area contributed by atoms with E-state index in [1.165, 1.54) is 6.42 Å². The predicted octanol–water partition coefficient (Wildman–Crippen LogP) is 2.23. The molecule has 0 spiro atoms. The van der Waals surface area contributed by atoms with Gasteiger partial charge in [0.05, 0.1) is 12.5 Å². The molecule has 0 aromatic heterocycles. The molecule has 2 rings (SSSR count). The Bertz CT molecular complexity index is 234. The summed E-state index contributed by atoms with van der Waals surface area (Å²) in [5, 5.41) is 0. The Morgan fingerprint density at radius 2 is 2.23 bits per heavy atom. The second kappa shape index (κ2) is 2.73. The van der Waals surface area contributed by atoms with Gasteiger partial charge >= 0.3 is 5.97 Å². The second-order valence-corrected chi connectivity index (χ2v) is 5.19. The van der Waals surface area contributed by atoms with Crippen molar-refractivity contribution >= 4 is 5.97 Å². The van der Waals surface area contributed by atoms with Gasteiger partial charge in [0.2, 0.25) is 0 Å². The van der Waals surface area contributed by atoms with Crippen molar-refractivity contribution in [2.24, 2.45) is 23.2 Å². The fourth-order valence-electron chi connectivity index (χ4n) is 3.00. The van der Waals surface area contributed by atoms with E-state index in [-0.39, 0.29) is 17.3 Å². The maximum atomic E-state index is 11.6. The molecule has 1 saturated heterocycles. The van der Waals surface area contributed by atoms with Crippen LogP contribution in [0.25, 0.3) is 0 Å². The zero-order valence-electron chi connectivity index (χ0n) is 8.67. The first kappa shape index (κ1) is 9.04. The number of hydrogen-bond donors (Lipinski definition) is 0. The van der Waals surface area contributed by atoms with Crippen molar-refractivity contribution in [2.75, 3.05) is 6.61 Å². The number of ether oxygens (including phenoxy) is 1. The third-order valence-electron chi connectivity index (χ3n) is 3.88. The Hall–Kier alpha value is -0.530. The lowest BCUT2D eigenvalue weighted by atomic mass is 9.76. The molecule has 2 heteroatoms. The molecule has 1 aliphatic heterocycles. The van der Waals surface area contributed by atoms with Crippen molar-refractivity contribution in [2.45, 2.75) is 33.6 Å². The highest BCUT2D eigenvalue weighted by Gasteiger charge is 2.55. The molecule has 2 nitrogen and oxygen atoms in total. The van der Waals surface area contributed by atoms with E-state index in [0.717, 1.165) is 6.42 Å². The molecule has 0 bridgehead atoms. The van der Waals surface area contributed by atoms with Gasteiger partial charge in [0.15, 0.2) is 0 Å². The highest BCUT2D eigenvalue weighted by Crippen LogP contribution is 2.53. The molecule has 0 aromatic carbocycles. The fraction of sp³-hybridized carbons (Fsp3) is 0.909. The van der Waals surface area contributed by atoms with E-state index in [1.54, 1.807) is 0 Å². The Kier molecular flexibility index (Phi) is 1.90. The van der Waals surface area contributed by atoms with Gasteiger partial charge < -0.3 is 4.74 Å². The summed E-state index contributed by atoms with van der Waals surface area (Å²) in [6.45, 7) is 7.27. The molecule has 2 aliphatic rings. The van der Waals surface area contributed by atoms with Crippen molar-refractivity contribution in [1.29, 1.82) is 0 Å². The lowest BCUT2D eigenvalue weighted by Crippen LogP contribution is -2.28. The van der Waals surface area contributed by atoms with E-state index in [9.17, 15) is 4.79 Å².